The number of ether oxygens (including phenoxy) is 1. The number of hydrogen-bond acceptors (Lipinski definition) is 3. The van der Waals surface area contributed by atoms with Crippen LogP contribution >= 0.6 is 0 Å². The molecule has 0 saturated carbocycles. The quantitative estimate of drug-likeness (QED) is 0.281. The SMILES string of the molecule is Cc1ccc(C(C(=O)O[C@H]2C[N+]3(CC(=O)c4ccccc4)CCC2CC3)c2ccccc2)cc1. The van der Waals surface area contributed by atoms with Crippen molar-refractivity contribution in [2.45, 2.75) is 31.8 Å². The number of piperidine rings is 3. The average Bonchev–Trinajstić information content (AvgIpc) is 2.87. The van der Waals surface area contributed by atoms with Crippen LogP contribution in [0.1, 0.15) is 45.8 Å². The molecule has 3 heterocycles. The lowest BCUT2D eigenvalue weighted by Crippen LogP contribution is -2.65. The Kier molecular flexibility index (Phi) is 6.34. The number of quaternary nitrogens is 1. The second-order valence-electron chi connectivity index (χ2n) is 9.99. The van der Waals surface area contributed by atoms with Crippen molar-refractivity contribution >= 4 is 11.8 Å². The lowest BCUT2D eigenvalue weighted by Gasteiger charge is -2.51. The van der Waals surface area contributed by atoms with Gasteiger partial charge in [-0.05, 0) is 18.1 Å². The molecule has 0 radical (unpaired) electrons. The zero-order valence-corrected chi connectivity index (χ0v) is 19.7. The number of nitrogens with zero attached hydrogens (tertiary/aromatic N) is 1. The molecule has 3 aromatic carbocycles. The molecule has 0 spiro atoms. The summed E-state index contributed by atoms with van der Waals surface area (Å²) in [6.45, 7) is 5.22. The van der Waals surface area contributed by atoms with Crippen molar-refractivity contribution < 1.29 is 18.8 Å². The fraction of sp³-hybridized carbons (Fsp3) is 0.333. The molecule has 2 bridgehead atoms. The molecule has 3 saturated heterocycles. The monoisotopic (exact) mass is 454 g/mol. The number of rotatable bonds is 7. The van der Waals surface area contributed by atoms with Gasteiger partial charge in [0.2, 0.25) is 5.78 Å². The third-order valence-corrected chi connectivity index (χ3v) is 7.66. The summed E-state index contributed by atoms with van der Waals surface area (Å²) < 4.78 is 7.00. The van der Waals surface area contributed by atoms with E-state index >= 15 is 0 Å². The smallest absolute Gasteiger partial charge is 0.318 e. The number of benzene rings is 3. The first-order valence-electron chi connectivity index (χ1n) is 12.3. The lowest BCUT2D eigenvalue weighted by atomic mass is 9.82. The standard InChI is InChI=1S/C30H32NO3/c1-22-12-14-26(15-13-22)29(25-10-6-3-7-11-25)30(33)34-28-21-31(18-16-24(28)17-19-31)20-27(32)23-8-4-2-5-9-23/h2-15,24,28-29H,16-21H2,1H3/q+1/t24?,28-,29?,31?/m0/s1. The van der Waals surface area contributed by atoms with Crippen LogP contribution in [-0.2, 0) is 9.53 Å². The molecular formula is C30H32NO3+. The van der Waals surface area contributed by atoms with Crippen LogP contribution in [0.4, 0.5) is 0 Å². The number of esters is 1. The molecule has 3 aliphatic heterocycles. The van der Waals surface area contributed by atoms with E-state index in [1.165, 1.54) is 0 Å². The second kappa shape index (κ2) is 9.55. The van der Waals surface area contributed by atoms with Gasteiger partial charge in [-0.3, -0.25) is 9.59 Å². The van der Waals surface area contributed by atoms with Crippen molar-refractivity contribution in [1.29, 1.82) is 0 Å². The van der Waals surface area contributed by atoms with Gasteiger partial charge in [0.05, 0.1) is 13.1 Å². The van der Waals surface area contributed by atoms with Crippen molar-refractivity contribution in [3.8, 4) is 0 Å². The van der Waals surface area contributed by atoms with Gasteiger partial charge in [0.1, 0.15) is 19.0 Å². The van der Waals surface area contributed by atoms with Crippen LogP contribution < -0.4 is 0 Å². The predicted molar refractivity (Wildman–Crippen MR) is 133 cm³/mol. The maximum Gasteiger partial charge on any atom is 0.318 e. The minimum absolute atomic E-state index is 0.143. The number of fused-ring (bicyclic) bond motifs is 3. The van der Waals surface area contributed by atoms with Gasteiger partial charge in [-0.15, -0.1) is 0 Å². The number of ketones is 1. The van der Waals surface area contributed by atoms with Crippen molar-refractivity contribution in [2.75, 3.05) is 26.2 Å². The Morgan fingerprint density at radius 3 is 2.09 bits per heavy atom. The third-order valence-electron chi connectivity index (χ3n) is 7.66. The van der Waals surface area contributed by atoms with E-state index < -0.39 is 5.92 Å². The van der Waals surface area contributed by atoms with Gasteiger partial charge in [-0.1, -0.05) is 90.5 Å². The maximum absolute atomic E-state index is 13.6. The molecule has 1 unspecified atom stereocenters. The minimum atomic E-state index is -0.448. The normalized spacial score (nSPS) is 24.4. The van der Waals surface area contributed by atoms with Gasteiger partial charge in [0.15, 0.2) is 6.10 Å². The van der Waals surface area contributed by atoms with E-state index in [0.717, 1.165) is 59.2 Å². The summed E-state index contributed by atoms with van der Waals surface area (Å²) in [6, 6.07) is 27.6. The Balaban J connectivity index is 1.35. The zero-order valence-electron chi connectivity index (χ0n) is 19.7. The Morgan fingerprint density at radius 2 is 1.44 bits per heavy atom. The summed E-state index contributed by atoms with van der Waals surface area (Å²) in [4.78, 5) is 26.6. The number of hydrogen-bond donors (Lipinski definition) is 0. The number of carbonyl (C=O) groups excluding carboxylic acids is 2. The van der Waals surface area contributed by atoms with Gasteiger partial charge in [0, 0.05) is 24.3 Å². The van der Waals surface area contributed by atoms with Crippen molar-refractivity contribution in [3.05, 3.63) is 107 Å². The number of carbonyl (C=O) groups is 2. The summed E-state index contributed by atoms with van der Waals surface area (Å²) in [7, 11) is 0. The number of Topliss-reactive ketones (excluding diaryl/α,β-unsaturated/α-hetero) is 1. The Labute approximate surface area is 201 Å². The fourth-order valence-corrected chi connectivity index (χ4v) is 5.68. The molecule has 3 fully saturated rings. The van der Waals surface area contributed by atoms with Crippen LogP contribution in [-0.4, -0.2) is 48.5 Å². The van der Waals surface area contributed by atoms with Gasteiger partial charge in [-0.25, -0.2) is 0 Å². The van der Waals surface area contributed by atoms with Crippen LogP contribution in [0.2, 0.25) is 0 Å². The summed E-state index contributed by atoms with van der Waals surface area (Å²) in [5.41, 5.74) is 3.82. The fourth-order valence-electron chi connectivity index (χ4n) is 5.68. The summed E-state index contributed by atoms with van der Waals surface area (Å²) >= 11 is 0. The molecule has 4 heteroatoms. The zero-order chi connectivity index (χ0) is 23.5. The second-order valence-corrected chi connectivity index (χ2v) is 9.99. The first-order chi connectivity index (χ1) is 16.5. The highest BCUT2D eigenvalue weighted by molar-refractivity contribution is 5.97. The van der Waals surface area contributed by atoms with Gasteiger partial charge in [0.25, 0.3) is 0 Å². The first-order valence-corrected chi connectivity index (χ1v) is 12.3. The third kappa shape index (κ3) is 4.69. The largest absolute Gasteiger partial charge is 0.455 e. The van der Waals surface area contributed by atoms with Crippen LogP contribution in [0.25, 0.3) is 0 Å². The lowest BCUT2D eigenvalue weighted by molar-refractivity contribution is -0.938. The molecule has 0 aliphatic carbocycles. The van der Waals surface area contributed by atoms with Gasteiger partial charge < -0.3 is 9.22 Å². The molecule has 3 aliphatic rings. The molecule has 2 atom stereocenters. The predicted octanol–water partition coefficient (Wildman–Crippen LogP) is 5.16. The van der Waals surface area contributed by atoms with Crippen molar-refractivity contribution in [3.63, 3.8) is 0 Å². The molecule has 0 N–H and O–H groups in total. The highest BCUT2D eigenvalue weighted by Crippen LogP contribution is 2.37. The van der Waals surface area contributed by atoms with Gasteiger partial charge in [-0.2, -0.15) is 0 Å². The summed E-state index contributed by atoms with van der Waals surface area (Å²) in [6.07, 6.45) is 1.86. The van der Waals surface area contributed by atoms with Crippen LogP contribution in [0.3, 0.4) is 0 Å². The number of aryl methyl sites for hydroxylation is 1. The maximum atomic E-state index is 13.6. The Bertz CT molecular complexity index is 1130. The van der Waals surface area contributed by atoms with Crippen molar-refractivity contribution in [1.82, 2.24) is 0 Å². The topological polar surface area (TPSA) is 43.4 Å². The molecule has 0 amide bonds. The minimum Gasteiger partial charge on any atom is -0.455 e. The van der Waals surface area contributed by atoms with E-state index in [1.54, 1.807) is 0 Å². The molecule has 174 valence electrons. The Morgan fingerprint density at radius 1 is 0.853 bits per heavy atom. The summed E-state index contributed by atoms with van der Waals surface area (Å²) in [5, 5.41) is 0. The highest BCUT2D eigenvalue weighted by atomic mass is 16.5. The molecule has 3 aromatic rings. The van der Waals surface area contributed by atoms with E-state index in [2.05, 4.69) is 0 Å². The van der Waals surface area contributed by atoms with E-state index in [9.17, 15) is 9.59 Å². The summed E-state index contributed by atoms with van der Waals surface area (Å²) in [5.74, 6) is -0.0870. The van der Waals surface area contributed by atoms with Crippen LogP contribution in [0.5, 0.6) is 0 Å². The van der Waals surface area contributed by atoms with E-state index in [1.807, 2.05) is 91.9 Å². The molecule has 0 aromatic heterocycles. The van der Waals surface area contributed by atoms with Crippen molar-refractivity contribution in [2.24, 2.45) is 5.92 Å². The van der Waals surface area contributed by atoms with Crippen LogP contribution in [0.15, 0.2) is 84.9 Å². The van der Waals surface area contributed by atoms with E-state index in [-0.39, 0.29) is 17.9 Å². The van der Waals surface area contributed by atoms with Gasteiger partial charge >= 0.3 is 5.97 Å². The molecule has 34 heavy (non-hydrogen) atoms. The Hall–Kier alpha value is -3.24. The molecule has 6 rings (SSSR count). The van der Waals surface area contributed by atoms with Crippen LogP contribution in [0, 0.1) is 12.8 Å². The van der Waals surface area contributed by atoms with E-state index in [4.69, 9.17) is 4.74 Å². The first kappa shape index (κ1) is 22.5. The van der Waals surface area contributed by atoms with E-state index in [0.29, 0.717) is 12.5 Å². The molecular weight excluding hydrogens is 422 g/mol. The average molecular weight is 455 g/mol. The highest BCUT2D eigenvalue weighted by Gasteiger charge is 2.49. The molecule has 4 nitrogen and oxygen atoms in total.